The van der Waals surface area contributed by atoms with Crippen molar-refractivity contribution >= 4 is 34.0 Å². The van der Waals surface area contributed by atoms with Gasteiger partial charge in [0, 0.05) is 24.7 Å². The van der Waals surface area contributed by atoms with Crippen LogP contribution in [0.25, 0.3) is 0 Å². The molecule has 2 heterocycles. The lowest BCUT2D eigenvalue weighted by molar-refractivity contribution is -0.121. The fraction of sp³-hybridized carbons (Fsp3) is 0.400. The summed E-state index contributed by atoms with van der Waals surface area (Å²) < 4.78 is 0. The van der Waals surface area contributed by atoms with E-state index >= 15 is 0 Å². The molecule has 5 nitrogen and oxygen atoms in total. The minimum atomic E-state index is -0.0865. The topological polar surface area (TPSA) is 61.4 Å². The molecule has 0 saturated carbocycles. The summed E-state index contributed by atoms with van der Waals surface area (Å²) in [6.45, 7) is 7.30. The van der Waals surface area contributed by atoms with E-state index in [-0.39, 0.29) is 17.9 Å². The number of hydrogen-bond acceptors (Lipinski definition) is 3. The highest BCUT2D eigenvalue weighted by atomic mass is 32.1. The Morgan fingerprint density at radius 1 is 1.08 bits per heavy atom. The number of amides is 3. The average molecular weight is 372 g/mol. The second-order valence-electron chi connectivity index (χ2n) is 6.93. The molecular weight excluding hydrogens is 346 g/mol. The molecule has 0 bridgehead atoms. The Morgan fingerprint density at radius 2 is 1.73 bits per heavy atom. The molecule has 1 fully saturated rings. The third-order valence-electron chi connectivity index (χ3n) is 4.83. The van der Waals surface area contributed by atoms with E-state index in [9.17, 15) is 9.59 Å². The summed E-state index contributed by atoms with van der Waals surface area (Å²) in [6, 6.07) is 7.87. The molecule has 1 aliphatic heterocycles. The van der Waals surface area contributed by atoms with Crippen molar-refractivity contribution < 1.29 is 9.59 Å². The molecule has 26 heavy (non-hydrogen) atoms. The monoisotopic (exact) mass is 371 g/mol. The van der Waals surface area contributed by atoms with Gasteiger partial charge in [-0.2, -0.15) is 0 Å². The largest absolute Gasteiger partial charge is 0.325 e. The SMILES string of the molecule is Cc1cc(C)c(NC(=O)C2CCN(C(=O)Nc3cccs3)CC2)c(C)c1. The molecule has 0 aliphatic carbocycles. The van der Waals surface area contributed by atoms with Gasteiger partial charge in [0.2, 0.25) is 5.91 Å². The molecule has 3 amide bonds. The number of piperidine rings is 1. The number of carbonyl (C=O) groups is 2. The molecule has 1 aromatic heterocycles. The van der Waals surface area contributed by atoms with E-state index in [2.05, 4.69) is 29.7 Å². The molecule has 1 aliphatic rings. The number of likely N-dealkylation sites (tertiary alicyclic amines) is 1. The standard InChI is InChI=1S/C20H25N3O2S/c1-13-11-14(2)18(15(3)12-13)22-19(24)16-6-8-23(9-7-16)20(25)21-17-5-4-10-26-17/h4-5,10-12,16H,6-9H2,1-3H3,(H,21,25)(H,22,24). The lowest BCUT2D eigenvalue weighted by Crippen LogP contribution is -2.43. The van der Waals surface area contributed by atoms with Crippen LogP contribution in [0.3, 0.4) is 0 Å². The number of hydrogen-bond donors (Lipinski definition) is 2. The maximum absolute atomic E-state index is 12.7. The molecule has 2 N–H and O–H groups in total. The van der Waals surface area contributed by atoms with Crippen molar-refractivity contribution in [3.63, 3.8) is 0 Å². The number of nitrogens with one attached hydrogen (secondary N) is 2. The third kappa shape index (κ3) is 4.25. The van der Waals surface area contributed by atoms with E-state index in [0.717, 1.165) is 21.8 Å². The number of nitrogens with zero attached hydrogens (tertiary/aromatic N) is 1. The van der Waals surface area contributed by atoms with E-state index in [1.54, 1.807) is 4.90 Å². The summed E-state index contributed by atoms with van der Waals surface area (Å²) in [5.74, 6) is -0.000686. The van der Waals surface area contributed by atoms with Gasteiger partial charge in [-0.05, 0) is 62.3 Å². The molecule has 6 heteroatoms. The molecule has 0 unspecified atom stereocenters. The molecular formula is C20H25N3O2S. The van der Waals surface area contributed by atoms with Crippen LogP contribution < -0.4 is 10.6 Å². The molecule has 3 rings (SSSR count). The predicted octanol–water partition coefficient (Wildman–Crippen LogP) is 4.56. The second kappa shape index (κ2) is 7.91. The Hall–Kier alpha value is -2.34. The number of anilines is 2. The molecule has 2 aromatic rings. The summed E-state index contributed by atoms with van der Waals surface area (Å²) in [7, 11) is 0. The number of thiophene rings is 1. The summed E-state index contributed by atoms with van der Waals surface area (Å²) in [6.07, 6.45) is 1.38. The van der Waals surface area contributed by atoms with Crippen LogP contribution in [-0.2, 0) is 4.79 Å². The van der Waals surface area contributed by atoms with Crippen molar-refractivity contribution in [2.24, 2.45) is 5.92 Å². The summed E-state index contributed by atoms with van der Waals surface area (Å²) in [4.78, 5) is 26.7. The lowest BCUT2D eigenvalue weighted by atomic mass is 9.95. The first-order valence-electron chi connectivity index (χ1n) is 8.92. The normalized spacial score (nSPS) is 15.0. The molecule has 1 saturated heterocycles. The molecule has 0 spiro atoms. The summed E-state index contributed by atoms with van der Waals surface area (Å²) in [5, 5.41) is 8.78. The number of aryl methyl sites for hydroxylation is 3. The van der Waals surface area contributed by atoms with Crippen LogP contribution in [0.4, 0.5) is 15.5 Å². The smallest absolute Gasteiger partial charge is 0.322 e. The fourth-order valence-electron chi connectivity index (χ4n) is 3.48. The van der Waals surface area contributed by atoms with Gasteiger partial charge in [-0.1, -0.05) is 17.7 Å². The molecule has 0 radical (unpaired) electrons. The molecule has 1 aromatic carbocycles. The third-order valence-corrected chi connectivity index (χ3v) is 5.61. The Bertz CT molecular complexity index is 770. The average Bonchev–Trinajstić information content (AvgIpc) is 3.11. The minimum Gasteiger partial charge on any atom is -0.325 e. The van der Waals surface area contributed by atoms with Gasteiger partial charge in [0.05, 0.1) is 5.00 Å². The number of carbonyl (C=O) groups excluding carboxylic acids is 2. The highest BCUT2D eigenvalue weighted by Crippen LogP contribution is 2.25. The van der Waals surface area contributed by atoms with Crippen LogP contribution in [0.1, 0.15) is 29.5 Å². The highest BCUT2D eigenvalue weighted by Gasteiger charge is 2.28. The zero-order chi connectivity index (χ0) is 18.7. The van der Waals surface area contributed by atoms with Gasteiger partial charge in [-0.3, -0.25) is 10.1 Å². The Labute approximate surface area is 158 Å². The van der Waals surface area contributed by atoms with Gasteiger partial charge in [0.15, 0.2) is 0 Å². The predicted molar refractivity (Wildman–Crippen MR) is 107 cm³/mol. The lowest BCUT2D eigenvalue weighted by Gasteiger charge is -2.31. The van der Waals surface area contributed by atoms with Crippen LogP contribution in [-0.4, -0.2) is 29.9 Å². The maximum atomic E-state index is 12.7. The van der Waals surface area contributed by atoms with E-state index in [1.807, 2.05) is 31.4 Å². The summed E-state index contributed by atoms with van der Waals surface area (Å²) in [5.41, 5.74) is 4.29. The van der Waals surface area contributed by atoms with Crippen molar-refractivity contribution in [2.45, 2.75) is 33.6 Å². The van der Waals surface area contributed by atoms with Crippen molar-refractivity contribution in [3.05, 3.63) is 46.3 Å². The van der Waals surface area contributed by atoms with E-state index < -0.39 is 0 Å². The van der Waals surface area contributed by atoms with Crippen LogP contribution >= 0.6 is 11.3 Å². The van der Waals surface area contributed by atoms with E-state index in [0.29, 0.717) is 25.9 Å². The van der Waals surface area contributed by atoms with Crippen LogP contribution in [0.2, 0.25) is 0 Å². The Morgan fingerprint density at radius 3 is 2.31 bits per heavy atom. The van der Waals surface area contributed by atoms with Gasteiger partial charge in [0.25, 0.3) is 0 Å². The van der Waals surface area contributed by atoms with E-state index in [1.165, 1.54) is 16.9 Å². The molecule has 0 atom stereocenters. The number of rotatable bonds is 3. The first-order valence-corrected chi connectivity index (χ1v) is 9.80. The first-order chi connectivity index (χ1) is 12.4. The van der Waals surface area contributed by atoms with Crippen molar-refractivity contribution in [1.82, 2.24) is 4.90 Å². The van der Waals surface area contributed by atoms with Crippen LogP contribution in [0.5, 0.6) is 0 Å². The van der Waals surface area contributed by atoms with Crippen LogP contribution in [0, 0.1) is 26.7 Å². The van der Waals surface area contributed by atoms with Gasteiger partial charge >= 0.3 is 6.03 Å². The highest BCUT2D eigenvalue weighted by molar-refractivity contribution is 7.14. The van der Waals surface area contributed by atoms with Crippen molar-refractivity contribution in [1.29, 1.82) is 0 Å². The maximum Gasteiger partial charge on any atom is 0.322 e. The Balaban J connectivity index is 1.54. The van der Waals surface area contributed by atoms with Gasteiger partial charge in [-0.15, -0.1) is 11.3 Å². The minimum absolute atomic E-state index is 0.0540. The fourth-order valence-corrected chi connectivity index (χ4v) is 4.09. The summed E-state index contributed by atoms with van der Waals surface area (Å²) >= 11 is 1.50. The van der Waals surface area contributed by atoms with E-state index in [4.69, 9.17) is 0 Å². The van der Waals surface area contributed by atoms with Gasteiger partial charge < -0.3 is 10.2 Å². The zero-order valence-electron chi connectivity index (χ0n) is 15.5. The van der Waals surface area contributed by atoms with Crippen LogP contribution in [0.15, 0.2) is 29.6 Å². The first kappa shape index (κ1) is 18.5. The van der Waals surface area contributed by atoms with Gasteiger partial charge in [-0.25, -0.2) is 4.79 Å². The van der Waals surface area contributed by atoms with Gasteiger partial charge in [0.1, 0.15) is 0 Å². The number of urea groups is 1. The Kier molecular flexibility index (Phi) is 5.61. The van der Waals surface area contributed by atoms with Crippen molar-refractivity contribution in [3.8, 4) is 0 Å². The molecule has 138 valence electrons. The van der Waals surface area contributed by atoms with Crippen molar-refractivity contribution in [2.75, 3.05) is 23.7 Å². The zero-order valence-corrected chi connectivity index (χ0v) is 16.3. The quantitative estimate of drug-likeness (QED) is 0.831. The number of benzene rings is 1. The second-order valence-corrected chi connectivity index (χ2v) is 7.88.